The van der Waals surface area contributed by atoms with Gasteiger partial charge in [-0.15, -0.1) is 10.2 Å². The standard InChI is InChI=1S/C8H11N5O3S2/c1-5(14)10-6-11-12-7(17-6)18(15,16)13-8(2,3)4-9/h13H,1-3H3,(H,10,11,14). The first-order chi connectivity index (χ1) is 8.16. The Hall–Kier alpha value is -1.57. The normalized spacial score (nSPS) is 11.9. The zero-order valence-electron chi connectivity index (χ0n) is 9.88. The van der Waals surface area contributed by atoms with E-state index in [1.807, 2.05) is 0 Å². The summed E-state index contributed by atoms with van der Waals surface area (Å²) < 4.78 is 25.5. The molecule has 1 amide bonds. The summed E-state index contributed by atoms with van der Waals surface area (Å²) in [6.45, 7) is 4.10. The number of nitrogens with zero attached hydrogens (tertiary/aromatic N) is 3. The van der Waals surface area contributed by atoms with E-state index in [1.54, 1.807) is 6.07 Å². The van der Waals surface area contributed by atoms with Crippen LogP contribution in [0.4, 0.5) is 5.13 Å². The van der Waals surface area contributed by atoms with E-state index in [0.29, 0.717) is 11.3 Å². The van der Waals surface area contributed by atoms with Crippen molar-refractivity contribution in [1.29, 1.82) is 5.26 Å². The van der Waals surface area contributed by atoms with Crippen LogP contribution < -0.4 is 10.0 Å². The Morgan fingerprint density at radius 3 is 2.56 bits per heavy atom. The number of carbonyl (C=O) groups is 1. The molecule has 1 aromatic rings. The van der Waals surface area contributed by atoms with Crippen molar-refractivity contribution in [3.05, 3.63) is 0 Å². The summed E-state index contributed by atoms with van der Waals surface area (Å²) in [4.78, 5) is 10.8. The molecule has 1 heterocycles. The van der Waals surface area contributed by atoms with Crippen LogP contribution in [-0.2, 0) is 14.8 Å². The van der Waals surface area contributed by atoms with Gasteiger partial charge >= 0.3 is 0 Å². The highest BCUT2D eigenvalue weighted by Gasteiger charge is 2.29. The molecule has 0 aliphatic carbocycles. The third kappa shape index (κ3) is 3.73. The second-order valence-corrected chi connectivity index (χ2v) is 6.73. The van der Waals surface area contributed by atoms with E-state index in [-0.39, 0.29) is 15.4 Å². The van der Waals surface area contributed by atoms with Crippen LogP contribution in [0.25, 0.3) is 0 Å². The third-order valence-electron chi connectivity index (χ3n) is 1.59. The molecule has 0 fully saturated rings. The fourth-order valence-electron chi connectivity index (χ4n) is 0.922. The van der Waals surface area contributed by atoms with Crippen molar-refractivity contribution in [2.75, 3.05) is 5.32 Å². The number of nitrogens with one attached hydrogen (secondary N) is 2. The quantitative estimate of drug-likeness (QED) is 0.756. The maximum absolute atomic E-state index is 11.8. The molecule has 0 spiro atoms. The second kappa shape index (κ2) is 4.97. The summed E-state index contributed by atoms with van der Waals surface area (Å²) >= 11 is 0.705. The Balaban J connectivity index is 2.97. The van der Waals surface area contributed by atoms with Crippen molar-refractivity contribution in [3.8, 4) is 6.07 Å². The van der Waals surface area contributed by atoms with Crippen LogP contribution in [0.2, 0.25) is 0 Å². The third-order valence-corrected chi connectivity index (χ3v) is 4.45. The minimum absolute atomic E-state index is 0.0811. The molecular formula is C8H11N5O3S2. The maximum atomic E-state index is 11.8. The zero-order chi connectivity index (χ0) is 14.0. The predicted molar refractivity (Wildman–Crippen MR) is 64.2 cm³/mol. The summed E-state index contributed by atoms with van der Waals surface area (Å²) in [6.07, 6.45) is 0. The van der Waals surface area contributed by atoms with E-state index in [9.17, 15) is 13.2 Å². The summed E-state index contributed by atoms with van der Waals surface area (Å²) in [6, 6.07) is 1.80. The van der Waals surface area contributed by atoms with Gasteiger partial charge in [-0.25, -0.2) is 8.42 Å². The first kappa shape index (κ1) is 14.5. The minimum Gasteiger partial charge on any atom is -0.301 e. The lowest BCUT2D eigenvalue weighted by atomic mass is 10.1. The van der Waals surface area contributed by atoms with Crippen molar-refractivity contribution in [1.82, 2.24) is 14.9 Å². The summed E-state index contributed by atoms with van der Waals surface area (Å²) in [5.74, 6) is -0.375. The average molecular weight is 289 g/mol. The van der Waals surface area contributed by atoms with Gasteiger partial charge in [-0.05, 0) is 13.8 Å². The molecule has 0 radical (unpaired) electrons. The van der Waals surface area contributed by atoms with Crippen LogP contribution in [0, 0.1) is 11.3 Å². The molecule has 98 valence electrons. The lowest BCUT2D eigenvalue weighted by molar-refractivity contribution is -0.114. The number of hydrogen-bond donors (Lipinski definition) is 2. The molecule has 0 aliphatic heterocycles. The Labute approximate surface area is 108 Å². The molecule has 0 aliphatic rings. The largest absolute Gasteiger partial charge is 0.301 e. The Morgan fingerprint density at radius 2 is 2.06 bits per heavy atom. The molecule has 1 rings (SSSR count). The Kier molecular flexibility index (Phi) is 4.00. The molecule has 2 N–H and O–H groups in total. The number of carbonyl (C=O) groups excluding carboxylic acids is 1. The Bertz CT molecular complexity index is 598. The summed E-state index contributed by atoms with van der Waals surface area (Å²) in [5.41, 5.74) is -1.25. The molecule has 0 aromatic carbocycles. The van der Waals surface area contributed by atoms with E-state index < -0.39 is 15.6 Å². The number of aromatic nitrogens is 2. The molecule has 0 saturated heterocycles. The van der Waals surface area contributed by atoms with Gasteiger partial charge in [-0.1, -0.05) is 11.3 Å². The topological polar surface area (TPSA) is 125 Å². The van der Waals surface area contributed by atoms with Gasteiger partial charge in [0.25, 0.3) is 10.0 Å². The van der Waals surface area contributed by atoms with E-state index in [0.717, 1.165) is 0 Å². The van der Waals surface area contributed by atoms with Crippen molar-refractivity contribution in [3.63, 3.8) is 0 Å². The van der Waals surface area contributed by atoms with Crippen LogP contribution in [0.3, 0.4) is 0 Å². The molecule has 0 unspecified atom stereocenters. The van der Waals surface area contributed by atoms with Gasteiger partial charge < -0.3 is 5.32 Å². The molecular weight excluding hydrogens is 278 g/mol. The van der Waals surface area contributed by atoms with Gasteiger partial charge in [0.2, 0.25) is 15.4 Å². The molecule has 10 heteroatoms. The number of amides is 1. The number of sulfonamides is 1. The Morgan fingerprint density at radius 1 is 1.44 bits per heavy atom. The fourth-order valence-corrected chi connectivity index (χ4v) is 3.20. The SMILES string of the molecule is CC(=O)Nc1nnc(S(=O)(=O)NC(C)(C)C#N)s1. The van der Waals surface area contributed by atoms with Crippen LogP contribution in [0.15, 0.2) is 4.34 Å². The first-order valence-electron chi connectivity index (χ1n) is 4.72. The van der Waals surface area contributed by atoms with Crippen LogP contribution in [-0.4, -0.2) is 30.1 Å². The van der Waals surface area contributed by atoms with Crippen molar-refractivity contribution >= 4 is 32.4 Å². The van der Waals surface area contributed by atoms with E-state index >= 15 is 0 Å². The number of rotatable bonds is 4. The zero-order valence-corrected chi connectivity index (χ0v) is 11.5. The van der Waals surface area contributed by atoms with Gasteiger partial charge in [0.05, 0.1) is 6.07 Å². The fraction of sp³-hybridized carbons (Fsp3) is 0.500. The number of anilines is 1. The predicted octanol–water partition coefficient (Wildman–Crippen LogP) is 0.0770. The van der Waals surface area contributed by atoms with E-state index in [1.165, 1.54) is 20.8 Å². The molecule has 0 atom stereocenters. The molecule has 8 nitrogen and oxygen atoms in total. The van der Waals surface area contributed by atoms with Crippen molar-refractivity contribution < 1.29 is 13.2 Å². The monoisotopic (exact) mass is 289 g/mol. The lowest BCUT2D eigenvalue weighted by Crippen LogP contribution is -2.41. The second-order valence-electron chi connectivity index (χ2n) is 3.90. The average Bonchev–Trinajstić information content (AvgIpc) is 2.64. The molecule has 18 heavy (non-hydrogen) atoms. The van der Waals surface area contributed by atoms with Gasteiger partial charge in [0, 0.05) is 6.92 Å². The maximum Gasteiger partial charge on any atom is 0.271 e. The van der Waals surface area contributed by atoms with Crippen LogP contribution >= 0.6 is 11.3 Å². The van der Waals surface area contributed by atoms with Gasteiger partial charge in [0.15, 0.2) is 0 Å². The highest BCUT2D eigenvalue weighted by Crippen LogP contribution is 2.20. The van der Waals surface area contributed by atoms with Crippen molar-refractivity contribution in [2.45, 2.75) is 30.6 Å². The smallest absolute Gasteiger partial charge is 0.271 e. The molecule has 1 aromatic heterocycles. The minimum atomic E-state index is -3.92. The summed E-state index contributed by atoms with van der Waals surface area (Å²) in [7, 11) is -3.92. The number of nitriles is 1. The highest BCUT2D eigenvalue weighted by atomic mass is 32.2. The van der Waals surface area contributed by atoms with Crippen LogP contribution in [0.1, 0.15) is 20.8 Å². The van der Waals surface area contributed by atoms with Crippen LogP contribution in [0.5, 0.6) is 0 Å². The van der Waals surface area contributed by atoms with E-state index in [4.69, 9.17) is 5.26 Å². The molecule has 0 saturated carbocycles. The van der Waals surface area contributed by atoms with Crippen molar-refractivity contribution in [2.24, 2.45) is 0 Å². The molecule has 0 bridgehead atoms. The van der Waals surface area contributed by atoms with Gasteiger partial charge in [0.1, 0.15) is 5.54 Å². The number of hydrogen-bond acceptors (Lipinski definition) is 7. The lowest BCUT2D eigenvalue weighted by Gasteiger charge is -2.15. The van der Waals surface area contributed by atoms with Gasteiger partial charge in [-0.2, -0.15) is 9.98 Å². The highest BCUT2D eigenvalue weighted by molar-refractivity contribution is 7.91. The summed E-state index contributed by atoms with van der Waals surface area (Å²) in [5, 5.41) is 18.1. The van der Waals surface area contributed by atoms with Gasteiger partial charge in [-0.3, -0.25) is 4.79 Å². The first-order valence-corrected chi connectivity index (χ1v) is 7.02. The van der Waals surface area contributed by atoms with E-state index in [2.05, 4.69) is 20.2 Å².